The van der Waals surface area contributed by atoms with Crippen molar-refractivity contribution >= 4 is 17.5 Å². The molecule has 90 valence electrons. The van der Waals surface area contributed by atoms with Crippen LogP contribution in [0.1, 0.15) is 5.56 Å². The first-order chi connectivity index (χ1) is 7.88. The van der Waals surface area contributed by atoms with Crippen LogP contribution in [0, 0.1) is 0 Å². The van der Waals surface area contributed by atoms with Crippen molar-refractivity contribution in [2.24, 2.45) is 0 Å². The topological polar surface area (TPSA) is 52.0 Å². The fraction of sp³-hybridized carbons (Fsp3) is 0.100. The number of hydrogen-bond donors (Lipinski definition) is 1. The predicted molar refractivity (Wildman–Crippen MR) is 56.4 cm³/mol. The van der Waals surface area contributed by atoms with E-state index in [-0.39, 0.29) is 22.0 Å². The maximum atomic E-state index is 12.6. The van der Waals surface area contributed by atoms with Gasteiger partial charge in [-0.05, 0) is 23.8 Å². The van der Waals surface area contributed by atoms with Gasteiger partial charge in [-0.1, -0.05) is 16.8 Å². The van der Waals surface area contributed by atoms with E-state index in [0.717, 1.165) is 12.1 Å². The molecule has 7 heteroatoms. The van der Waals surface area contributed by atoms with E-state index in [4.69, 9.17) is 17.3 Å². The molecule has 1 aromatic carbocycles. The molecule has 2 rings (SSSR count). The zero-order valence-electron chi connectivity index (χ0n) is 8.25. The number of aromatic nitrogens is 1. The van der Waals surface area contributed by atoms with Crippen molar-refractivity contribution in [2.75, 3.05) is 5.73 Å². The minimum atomic E-state index is -4.47. The van der Waals surface area contributed by atoms with Gasteiger partial charge in [0, 0.05) is 5.02 Å². The third-order valence-electron chi connectivity index (χ3n) is 2.13. The van der Waals surface area contributed by atoms with Gasteiger partial charge in [-0.3, -0.25) is 0 Å². The predicted octanol–water partition coefficient (Wildman–Crippen LogP) is 3.60. The molecule has 0 aliphatic rings. The maximum Gasteiger partial charge on any atom is 0.416 e. The third-order valence-corrected chi connectivity index (χ3v) is 2.35. The van der Waals surface area contributed by atoms with Gasteiger partial charge < -0.3 is 10.3 Å². The molecule has 0 aliphatic heterocycles. The molecule has 0 saturated carbocycles. The van der Waals surface area contributed by atoms with Crippen LogP contribution in [0.2, 0.25) is 5.02 Å². The van der Waals surface area contributed by atoms with E-state index in [0.29, 0.717) is 0 Å². The van der Waals surface area contributed by atoms with E-state index >= 15 is 0 Å². The van der Waals surface area contributed by atoms with E-state index in [9.17, 15) is 13.2 Å². The normalized spacial score (nSPS) is 11.8. The van der Waals surface area contributed by atoms with Gasteiger partial charge in [0.2, 0.25) is 5.88 Å². The molecule has 0 fully saturated rings. The molecule has 0 aliphatic carbocycles. The molecule has 2 aromatic rings. The van der Waals surface area contributed by atoms with Crippen molar-refractivity contribution in [1.29, 1.82) is 0 Å². The van der Waals surface area contributed by atoms with Gasteiger partial charge in [0.05, 0.1) is 17.3 Å². The lowest BCUT2D eigenvalue weighted by molar-refractivity contribution is -0.137. The Morgan fingerprint density at radius 2 is 1.94 bits per heavy atom. The number of halogens is 4. The Hall–Kier alpha value is -1.69. The van der Waals surface area contributed by atoms with Gasteiger partial charge in [0.25, 0.3) is 0 Å². The molecule has 17 heavy (non-hydrogen) atoms. The summed E-state index contributed by atoms with van der Waals surface area (Å²) in [6, 6.07) is 3.14. The van der Waals surface area contributed by atoms with Crippen molar-refractivity contribution in [3.63, 3.8) is 0 Å². The van der Waals surface area contributed by atoms with Crippen molar-refractivity contribution < 1.29 is 17.7 Å². The van der Waals surface area contributed by atoms with Gasteiger partial charge in [0.1, 0.15) is 0 Å². The van der Waals surface area contributed by atoms with Crippen LogP contribution in [0.25, 0.3) is 11.1 Å². The Balaban J connectivity index is 2.57. The largest absolute Gasteiger partial charge is 0.416 e. The number of rotatable bonds is 1. The van der Waals surface area contributed by atoms with E-state index in [1.54, 1.807) is 0 Å². The molecular formula is C10H6ClF3N2O. The number of alkyl halides is 3. The van der Waals surface area contributed by atoms with Gasteiger partial charge in [-0.15, -0.1) is 0 Å². The fourth-order valence-electron chi connectivity index (χ4n) is 1.37. The van der Waals surface area contributed by atoms with Crippen molar-refractivity contribution in [3.8, 4) is 11.1 Å². The molecule has 0 radical (unpaired) electrons. The number of hydrogen-bond acceptors (Lipinski definition) is 3. The number of nitrogens with zero attached hydrogens (tertiary/aromatic N) is 1. The van der Waals surface area contributed by atoms with Gasteiger partial charge in [-0.2, -0.15) is 13.2 Å². The number of benzene rings is 1. The van der Waals surface area contributed by atoms with Crippen molar-refractivity contribution in [3.05, 3.63) is 35.0 Å². The Kier molecular flexibility index (Phi) is 2.74. The van der Waals surface area contributed by atoms with Crippen LogP contribution < -0.4 is 5.73 Å². The van der Waals surface area contributed by atoms with Crippen LogP contribution in [0.5, 0.6) is 0 Å². The van der Waals surface area contributed by atoms with E-state index in [1.807, 2.05) is 0 Å². The standard InChI is InChI=1S/C10H6ClF3N2O/c11-7-2-5(8-4-16-17-9(8)15)1-6(3-7)10(12,13)14/h1-4H,15H2. The average molecular weight is 263 g/mol. The van der Waals surface area contributed by atoms with E-state index in [1.165, 1.54) is 12.3 Å². The lowest BCUT2D eigenvalue weighted by Crippen LogP contribution is -2.04. The summed E-state index contributed by atoms with van der Waals surface area (Å²) < 4.78 is 42.3. The summed E-state index contributed by atoms with van der Waals surface area (Å²) in [5.74, 6) is -0.0552. The molecule has 0 unspecified atom stereocenters. The fourth-order valence-corrected chi connectivity index (χ4v) is 1.61. The molecular weight excluding hydrogens is 257 g/mol. The summed E-state index contributed by atoms with van der Waals surface area (Å²) >= 11 is 5.63. The van der Waals surface area contributed by atoms with Gasteiger partial charge in [-0.25, -0.2) is 0 Å². The van der Waals surface area contributed by atoms with Gasteiger partial charge in [0.15, 0.2) is 0 Å². The quantitative estimate of drug-likeness (QED) is 0.854. The van der Waals surface area contributed by atoms with Crippen LogP contribution in [0.3, 0.4) is 0 Å². The molecule has 0 saturated heterocycles. The van der Waals surface area contributed by atoms with Crippen LogP contribution in [-0.2, 0) is 6.18 Å². The van der Waals surface area contributed by atoms with Crippen LogP contribution in [0.4, 0.5) is 19.1 Å². The minimum Gasteiger partial charge on any atom is -0.367 e. The first-order valence-corrected chi connectivity index (χ1v) is 4.84. The first kappa shape index (κ1) is 11.8. The molecule has 1 heterocycles. The summed E-state index contributed by atoms with van der Waals surface area (Å²) in [5, 5.41) is 3.36. The van der Waals surface area contributed by atoms with Crippen LogP contribution in [-0.4, -0.2) is 5.16 Å². The highest BCUT2D eigenvalue weighted by atomic mass is 35.5. The third kappa shape index (κ3) is 2.36. The Morgan fingerprint density at radius 1 is 1.24 bits per heavy atom. The number of nitrogens with two attached hydrogens (primary N) is 1. The summed E-state index contributed by atoms with van der Waals surface area (Å²) in [5.41, 5.74) is 5.07. The molecule has 0 bridgehead atoms. The van der Waals surface area contributed by atoms with Crippen LogP contribution >= 0.6 is 11.6 Å². The van der Waals surface area contributed by atoms with E-state index in [2.05, 4.69) is 9.68 Å². The Labute approximate surface area is 99.0 Å². The molecule has 0 spiro atoms. The van der Waals surface area contributed by atoms with Gasteiger partial charge >= 0.3 is 6.18 Å². The maximum absolute atomic E-state index is 12.6. The van der Waals surface area contributed by atoms with Crippen LogP contribution in [0.15, 0.2) is 28.9 Å². The average Bonchev–Trinajstić information content (AvgIpc) is 2.62. The molecule has 0 amide bonds. The number of nitrogen functional groups attached to an aromatic ring is 1. The number of anilines is 1. The second-order valence-corrected chi connectivity index (χ2v) is 3.77. The SMILES string of the molecule is Nc1oncc1-c1cc(Cl)cc(C(F)(F)F)c1. The summed E-state index contributed by atoms with van der Waals surface area (Å²) in [6.07, 6.45) is -3.23. The molecule has 0 atom stereocenters. The van der Waals surface area contributed by atoms with Crippen molar-refractivity contribution in [1.82, 2.24) is 5.16 Å². The van der Waals surface area contributed by atoms with Crippen molar-refractivity contribution in [2.45, 2.75) is 6.18 Å². The first-order valence-electron chi connectivity index (χ1n) is 4.46. The smallest absolute Gasteiger partial charge is 0.367 e. The summed E-state index contributed by atoms with van der Waals surface area (Å²) in [4.78, 5) is 0. The lowest BCUT2D eigenvalue weighted by Gasteiger charge is -2.09. The molecule has 1 aromatic heterocycles. The Morgan fingerprint density at radius 3 is 2.47 bits per heavy atom. The lowest BCUT2D eigenvalue weighted by atomic mass is 10.1. The zero-order valence-corrected chi connectivity index (χ0v) is 9.01. The summed E-state index contributed by atoms with van der Waals surface area (Å²) in [6.45, 7) is 0. The minimum absolute atomic E-state index is 0.0320. The highest BCUT2D eigenvalue weighted by Gasteiger charge is 2.31. The van der Waals surface area contributed by atoms with E-state index < -0.39 is 11.7 Å². The highest BCUT2D eigenvalue weighted by molar-refractivity contribution is 6.31. The second-order valence-electron chi connectivity index (χ2n) is 3.33. The monoisotopic (exact) mass is 262 g/mol. The molecule has 3 nitrogen and oxygen atoms in total. The molecule has 2 N–H and O–H groups in total. The second kappa shape index (κ2) is 3.96. The Bertz CT molecular complexity index is 551. The highest BCUT2D eigenvalue weighted by Crippen LogP contribution is 2.36. The zero-order chi connectivity index (χ0) is 12.6. The summed E-state index contributed by atoms with van der Waals surface area (Å²) in [7, 11) is 0.